The van der Waals surface area contributed by atoms with Crippen LogP contribution in [0.15, 0.2) is 73.4 Å². The van der Waals surface area contributed by atoms with Crippen molar-refractivity contribution in [2.24, 2.45) is 10.1 Å². The van der Waals surface area contributed by atoms with Crippen LogP contribution in [0.5, 0.6) is 0 Å². The van der Waals surface area contributed by atoms with E-state index in [1.807, 2.05) is 29.6 Å². The summed E-state index contributed by atoms with van der Waals surface area (Å²) in [6, 6.07) is 10.6. The zero-order valence-corrected chi connectivity index (χ0v) is 15.8. The van der Waals surface area contributed by atoms with E-state index in [1.165, 1.54) is 29.7 Å². The predicted octanol–water partition coefficient (Wildman–Crippen LogP) is 4.45. The van der Waals surface area contributed by atoms with Crippen molar-refractivity contribution in [2.45, 2.75) is 0 Å². The van der Waals surface area contributed by atoms with Crippen molar-refractivity contribution in [3.8, 4) is 11.3 Å². The zero-order chi connectivity index (χ0) is 18.5. The average molecular weight is 433 g/mol. The van der Waals surface area contributed by atoms with Crippen molar-refractivity contribution in [3.63, 3.8) is 0 Å². The van der Waals surface area contributed by atoms with E-state index in [-0.39, 0.29) is 11.6 Å². The summed E-state index contributed by atoms with van der Waals surface area (Å²) in [5.41, 5.74) is 1.79. The van der Waals surface area contributed by atoms with Crippen molar-refractivity contribution in [2.75, 3.05) is 6.54 Å². The molecule has 0 spiro atoms. The predicted molar refractivity (Wildman–Crippen MR) is 104 cm³/mol. The van der Waals surface area contributed by atoms with E-state index in [1.54, 1.807) is 10.8 Å². The molecule has 0 aliphatic rings. The maximum Gasteiger partial charge on any atom is 0.433 e. The molecule has 0 saturated carbocycles. The van der Waals surface area contributed by atoms with Gasteiger partial charge in [-0.1, -0.05) is 40.2 Å². The van der Waals surface area contributed by atoms with Gasteiger partial charge in [-0.2, -0.15) is 5.10 Å². The molecule has 0 amide bonds. The van der Waals surface area contributed by atoms with Crippen molar-refractivity contribution >= 4 is 39.4 Å². The van der Waals surface area contributed by atoms with Gasteiger partial charge in [-0.25, -0.2) is 4.68 Å². The Morgan fingerprint density at radius 2 is 2.15 bits per heavy atom. The summed E-state index contributed by atoms with van der Waals surface area (Å²) in [5, 5.41) is 17.1. The van der Waals surface area contributed by atoms with E-state index in [2.05, 4.69) is 32.6 Å². The number of nitro groups is 1. The van der Waals surface area contributed by atoms with Crippen LogP contribution in [-0.2, 0) is 0 Å². The molecule has 0 aliphatic heterocycles. The van der Waals surface area contributed by atoms with Crippen LogP contribution in [0.3, 0.4) is 0 Å². The van der Waals surface area contributed by atoms with Crippen LogP contribution >= 0.6 is 27.3 Å². The fraction of sp³-hybridized carbons (Fsp3) is 0.0588. The Morgan fingerprint density at radius 3 is 2.85 bits per heavy atom. The Balaban J connectivity index is 2.07. The molecule has 0 unspecified atom stereocenters. The molecule has 26 heavy (non-hydrogen) atoms. The van der Waals surface area contributed by atoms with Gasteiger partial charge >= 0.3 is 5.88 Å². The summed E-state index contributed by atoms with van der Waals surface area (Å²) in [6.07, 6.45) is 3.12. The highest BCUT2D eigenvalue weighted by molar-refractivity contribution is 9.10. The van der Waals surface area contributed by atoms with Crippen molar-refractivity contribution in [3.05, 3.63) is 79.6 Å². The molecule has 3 rings (SSSR count). The molecule has 0 fully saturated rings. The van der Waals surface area contributed by atoms with Gasteiger partial charge in [0.15, 0.2) is 5.76 Å². The number of rotatable bonds is 6. The Morgan fingerprint density at radius 1 is 1.35 bits per heavy atom. The molecule has 0 N–H and O–H groups in total. The van der Waals surface area contributed by atoms with Gasteiger partial charge in [-0.3, -0.25) is 15.1 Å². The lowest BCUT2D eigenvalue weighted by atomic mass is 10.2. The van der Waals surface area contributed by atoms with Crippen molar-refractivity contribution < 1.29 is 9.34 Å². The summed E-state index contributed by atoms with van der Waals surface area (Å²) in [7, 11) is 0. The summed E-state index contributed by atoms with van der Waals surface area (Å²) < 4.78 is 7.71. The third kappa shape index (κ3) is 3.89. The second-order valence-corrected chi connectivity index (χ2v) is 6.69. The largest absolute Gasteiger partial charge is 0.433 e. The monoisotopic (exact) mass is 432 g/mol. The first kappa shape index (κ1) is 18.0. The van der Waals surface area contributed by atoms with Gasteiger partial charge in [-0.15, -0.1) is 17.9 Å². The minimum atomic E-state index is -0.591. The first-order valence-electron chi connectivity index (χ1n) is 7.45. The molecule has 0 bridgehead atoms. The van der Waals surface area contributed by atoms with Gasteiger partial charge in [0.25, 0.3) is 0 Å². The minimum absolute atomic E-state index is 0.281. The van der Waals surface area contributed by atoms with Crippen molar-refractivity contribution in [1.82, 2.24) is 4.68 Å². The summed E-state index contributed by atoms with van der Waals surface area (Å²) in [4.78, 5) is 15.3. The highest BCUT2D eigenvalue weighted by Gasteiger charge is 2.12. The molecule has 0 saturated heterocycles. The average Bonchev–Trinajstić information content (AvgIpc) is 3.25. The highest BCUT2D eigenvalue weighted by Crippen LogP contribution is 2.28. The van der Waals surface area contributed by atoms with Gasteiger partial charge in [0.05, 0.1) is 24.5 Å². The molecule has 2 aromatic heterocycles. The number of aromatic nitrogens is 1. The first-order valence-corrected chi connectivity index (χ1v) is 9.13. The molecule has 132 valence electrons. The highest BCUT2D eigenvalue weighted by atomic mass is 79.9. The van der Waals surface area contributed by atoms with E-state index in [4.69, 9.17) is 4.42 Å². The van der Waals surface area contributed by atoms with Crippen LogP contribution in [0.4, 0.5) is 5.88 Å². The maximum atomic E-state index is 10.7. The van der Waals surface area contributed by atoms with E-state index >= 15 is 0 Å². The number of nitrogens with zero attached hydrogens (tertiary/aromatic N) is 4. The Labute approximate surface area is 160 Å². The maximum absolute atomic E-state index is 10.7. The molecule has 7 nitrogen and oxygen atoms in total. The van der Waals surface area contributed by atoms with E-state index < -0.39 is 4.92 Å². The summed E-state index contributed by atoms with van der Waals surface area (Å²) in [6.45, 7) is 4.13. The Hall–Kier alpha value is -2.78. The van der Waals surface area contributed by atoms with Gasteiger partial charge < -0.3 is 4.42 Å². The van der Waals surface area contributed by atoms with Gasteiger partial charge in [0.1, 0.15) is 4.92 Å². The fourth-order valence-electron chi connectivity index (χ4n) is 2.14. The lowest BCUT2D eigenvalue weighted by Gasteiger charge is -2.05. The van der Waals surface area contributed by atoms with Gasteiger partial charge in [0.2, 0.25) is 4.80 Å². The molecule has 0 radical (unpaired) electrons. The molecule has 3 aromatic rings. The van der Waals surface area contributed by atoms with Crippen LogP contribution in [-0.4, -0.2) is 22.4 Å². The smallest absolute Gasteiger partial charge is 0.400 e. The molecule has 0 aliphatic carbocycles. The molecular weight excluding hydrogens is 420 g/mol. The quantitative estimate of drug-likeness (QED) is 0.249. The SMILES string of the molecule is C=CCN=c1scc(-c2ccccc2Br)n1N=Cc1ccc([N+](=O)[O-])o1. The third-order valence-electron chi connectivity index (χ3n) is 3.28. The number of halogens is 1. The molecule has 1 aromatic carbocycles. The number of hydrogen-bond acceptors (Lipinski definition) is 6. The first-order chi connectivity index (χ1) is 12.6. The van der Waals surface area contributed by atoms with Crippen LogP contribution in [0, 0.1) is 10.1 Å². The summed E-state index contributed by atoms with van der Waals surface area (Å²) >= 11 is 4.98. The lowest BCUT2D eigenvalue weighted by Crippen LogP contribution is -2.12. The van der Waals surface area contributed by atoms with Gasteiger partial charge in [-0.05, 0) is 12.1 Å². The molecule has 9 heteroatoms. The van der Waals surface area contributed by atoms with Gasteiger partial charge in [0, 0.05) is 15.4 Å². The number of furan rings is 1. The number of hydrogen-bond donors (Lipinski definition) is 0. The second-order valence-electron chi connectivity index (χ2n) is 5.00. The minimum Gasteiger partial charge on any atom is -0.400 e. The fourth-order valence-corrected chi connectivity index (χ4v) is 3.47. The molecule has 2 heterocycles. The molecular formula is C17H13BrN4O3S. The molecule has 0 atom stereocenters. The second kappa shape index (κ2) is 8.07. The topological polar surface area (TPSA) is 85.9 Å². The number of benzene rings is 1. The zero-order valence-electron chi connectivity index (χ0n) is 13.4. The summed E-state index contributed by atoms with van der Waals surface area (Å²) in [5.74, 6) is -0.0486. The van der Waals surface area contributed by atoms with Crippen LogP contribution in [0.25, 0.3) is 11.3 Å². The van der Waals surface area contributed by atoms with E-state index in [0.29, 0.717) is 11.3 Å². The van der Waals surface area contributed by atoms with Crippen LogP contribution in [0.2, 0.25) is 0 Å². The normalized spacial score (nSPS) is 12.0. The Kier molecular flexibility index (Phi) is 5.59. The van der Waals surface area contributed by atoms with Crippen molar-refractivity contribution in [1.29, 1.82) is 0 Å². The standard InChI is InChI=1S/C17H13BrN4O3S/c1-2-9-19-17-21(20-10-12-7-8-16(25-12)22(23)24)15(11-26-17)13-5-3-4-6-14(13)18/h2-8,10-11H,1,9H2. The number of thiazole rings is 1. The third-order valence-corrected chi connectivity index (χ3v) is 4.83. The van der Waals surface area contributed by atoms with E-state index in [9.17, 15) is 10.1 Å². The lowest BCUT2D eigenvalue weighted by molar-refractivity contribution is -0.402. The Bertz CT molecular complexity index is 1050. The van der Waals surface area contributed by atoms with Crippen LogP contribution < -0.4 is 4.80 Å². The van der Waals surface area contributed by atoms with E-state index in [0.717, 1.165) is 15.7 Å². The van der Waals surface area contributed by atoms with Crippen LogP contribution in [0.1, 0.15) is 5.76 Å².